The number of carbonyl (C=O) groups excluding carboxylic acids is 3. The number of benzene rings is 2. The van der Waals surface area contributed by atoms with Crippen molar-refractivity contribution in [3.05, 3.63) is 71.3 Å². The monoisotopic (exact) mass is 394 g/mol. The van der Waals surface area contributed by atoms with Crippen molar-refractivity contribution in [1.29, 1.82) is 0 Å². The van der Waals surface area contributed by atoms with Crippen molar-refractivity contribution >= 4 is 24.3 Å². The maximum atomic E-state index is 12.1. The average Bonchev–Trinajstić information content (AvgIpc) is 3.52. The normalized spacial score (nSPS) is 17.9. The van der Waals surface area contributed by atoms with Gasteiger partial charge in [-0.15, -0.1) is 0 Å². The number of carbonyl (C=O) groups is 3. The largest absolute Gasteiger partial charge is 0.459 e. The molecule has 1 atom stereocenters. The van der Waals surface area contributed by atoms with Gasteiger partial charge in [0.15, 0.2) is 5.60 Å². The second-order valence-corrected chi connectivity index (χ2v) is 7.08. The van der Waals surface area contributed by atoms with Crippen LogP contribution in [0, 0.1) is 5.92 Å². The molecule has 1 aliphatic heterocycles. The molecule has 6 nitrogen and oxygen atoms in total. The highest BCUT2D eigenvalue weighted by molar-refractivity contribution is 5.87. The van der Waals surface area contributed by atoms with E-state index in [1.165, 1.54) is 12.1 Å². The molecule has 1 heterocycles. The minimum absolute atomic E-state index is 0.0301. The number of ether oxygens (including phenoxy) is 3. The molecule has 150 valence electrons. The maximum absolute atomic E-state index is 12.1. The summed E-state index contributed by atoms with van der Waals surface area (Å²) in [5.41, 5.74) is 0.939. The minimum atomic E-state index is -0.885. The zero-order chi connectivity index (χ0) is 20.9. The number of hydrogen-bond acceptors (Lipinski definition) is 6. The first-order valence-electron chi connectivity index (χ1n) is 9.29. The Bertz CT molecular complexity index is 926. The third kappa shape index (κ3) is 5.18. The van der Waals surface area contributed by atoms with Crippen LogP contribution in [0.2, 0.25) is 0 Å². The highest BCUT2D eigenvalue weighted by atomic mass is 16.6. The highest BCUT2D eigenvalue weighted by Gasteiger charge is 2.50. The Balaban J connectivity index is 1.72. The first-order valence-corrected chi connectivity index (χ1v) is 9.29. The fourth-order valence-corrected chi connectivity index (χ4v) is 2.67. The molecule has 0 aliphatic carbocycles. The van der Waals surface area contributed by atoms with E-state index < -0.39 is 17.5 Å². The molecule has 0 spiro atoms. The van der Waals surface area contributed by atoms with Crippen molar-refractivity contribution in [2.24, 2.45) is 5.92 Å². The van der Waals surface area contributed by atoms with Gasteiger partial charge in [-0.3, -0.25) is 9.59 Å². The smallest absolute Gasteiger partial charge is 0.330 e. The summed E-state index contributed by atoms with van der Waals surface area (Å²) in [4.78, 5) is 35.2. The fourth-order valence-electron chi connectivity index (χ4n) is 2.67. The van der Waals surface area contributed by atoms with Crippen molar-refractivity contribution < 1.29 is 28.6 Å². The van der Waals surface area contributed by atoms with Crippen LogP contribution < -0.4 is 4.74 Å². The standard InChI is InChI=1S/C23H22O6/c1-16(2)22(26)29-20-12-18(13-24)8-10-19(20)23(15-28-23)14-27-21(25)11-9-17-6-4-3-5-7-17/h3-13,16H,14-15H2,1-2H3/b11-9+. The Kier molecular flexibility index (Phi) is 6.24. The van der Waals surface area contributed by atoms with Crippen LogP contribution >= 0.6 is 0 Å². The number of epoxide rings is 1. The predicted molar refractivity (Wildman–Crippen MR) is 106 cm³/mol. The average molecular weight is 394 g/mol. The summed E-state index contributed by atoms with van der Waals surface area (Å²) in [6.45, 7) is 3.72. The highest BCUT2D eigenvalue weighted by Crippen LogP contribution is 2.44. The van der Waals surface area contributed by atoms with Gasteiger partial charge < -0.3 is 14.2 Å². The molecule has 0 saturated carbocycles. The van der Waals surface area contributed by atoms with Crippen LogP contribution in [-0.2, 0) is 24.7 Å². The molecule has 1 aliphatic rings. The van der Waals surface area contributed by atoms with E-state index in [4.69, 9.17) is 14.2 Å². The summed E-state index contributed by atoms with van der Waals surface area (Å²) >= 11 is 0. The summed E-state index contributed by atoms with van der Waals surface area (Å²) < 4.78 is 16.4. The fraction of sp³-hybridized carbons (Fsp3) is 0.261. The van der Waals surface area contributed by atoms with E-state index in [1.807, 2.05) is 30.3 Å². The van der Waals surface area contributed by atoms with Crippen LogP contribution in [0.3, 0.4) is 0 Å². The molecule has 6 heteroatoms. The first kappa shape index (κ1) is 20.5. The molecular formula is C23H22O6. The van der Waals surface area contributed by atoms with E-state index in [0.717, 1.165) is 5.56 Å². The lowest BCUT2D eigenvalue weighted by Gasteiger charge is -2.17. The SMILES string of the molecule is CC(C)C(=O)Oc1cc(C=O)ccc1C1(COC(=O)/C=C/c2ccccc2)CO1. The Morgan fingerprint density at radius 2 is 1.86 bits per heavy atom. The molecule has 29 heavy (non-hydrogen) atoms. The quantitative estimate of drug-likeness (QED) is 0.224. The van der Waals surface area contributed by atoms with Crippen molar-refractivity contribution in [2.45, 2.75) is 19.4 Å². The molecular weight excluding hydrogens is 372 g/mol. The lowest BCUT2D eigenvalue weighted by Crippen LogP contribution is -2.23. The van der Waals surface area contributed by atoms with Crippen molar-refractivity contribution in [3.63, 3.8) is 0 Å². The van der Waals surface area contributed by atoms with Gasteiger partial charge in [0.05, 0.1) is 12.5 Å². The molecule has 1 fully saturated rings. The topological polar surface area (TPSA) is 82.2 Å². The van der Waals surface area contributed by atoms with Crippen molar-refractivity contribution in [2.75, 3.05) is 13.2 Å². The van der Waals surface area contributed by atoms with E-state index in [2.05, 4.69) is 0 Å². The number of esters is 2. The Morgan fingerprint density at radius 3 is 2.48 bits per heavy atom. The number of aldehydes is 1. The molecule has 2 aromatic carbocycles. The van der Waals surface area contributed by atoms with E-state index in [1.54, 1.807) is 32.1 Å². The molecule has 0 radical (unpaired) electrons. The molecule has 2 aromatic rings. The van der Waals surface area contributed by atoms with E-state index in [-0.39, 0.29) is 18.3 Å². The van der Waals surface area contributed by atoms with Crippen molar-refractivity contribution in [3.8, 4) is 5.75 Å². The molecule has 0 N–H and O–H groups in total. The second-order valence-electron chi connectivity index (χ2n) is 7.08. The van der Waals surface area contributed by atoms with Gasteiger partial charge in [0.25, 0.3) is 0 Å². The minimum Gasteiger partial charge on any atom is -0.459 e. The van der Waals surface area contributed by atoms with E-state index >= 15 is 0 Å². The molecule has 3 rings (SSSR count). The Labute approximate surface area is 169 Å². The van der Waals surface area contributed by atoms with Gasteiger partial charge in [0, 0.05) is 17.2 Å². The summed E-state index contributed by atoms with van der Waals surface area (Å²) in [5, 5.41) is 0. The van der Waals surface area contributed by atoms with Gasteiger partial charge in [0.1, 0.15) is 18.6 Å². The number of rotatable bonds is 8. The van der Waals surface area contributed by atoms with Gasteiger partial charge in [0.2, 0.25) is 0 Å². The third-order valence-electron chi connectivity index (χ3n) is 4.47. The van der Waals surface area contributed by atoms with Crippen LogP contribution in [0.1, 0.15) is 35.3 Å². The molecule has 0 aromatic heterocycles. The maximum Gasteiger partial charge on any atom is 0.330 e. The van der Waals surface area contributed by atoms with Gasteiger partial charge >= 0.3 is 11.9 Å². The molecule has 0 amide bonds. The first-order chi connectivity index (χ1) is 13.9. The zero-order valence-corrected chi connectivity index (χ0v) is 16.3. The van der Waals surface area contributed by atoms with Gasteiger partial charge in [-0.05, 0) is 17.7 Å². The van der Waals surface area contributed by atoms with Crippen LogP contribution in [0.4, 0.5) is 0 Å². The zero-order valence-electron chi connectivity index (χ0n) is 16.3. The van der Waals surface area contributed by atoms with Crippen LogP contribution in [0.15, 0.2) is 54.6 Å². The molecule has 1 unspecified atom stereocenters. The lowest BCUT2D eigenvalue weighted by atomic mass is 9.98. The van der Waals surface area contributed by atoms with Crippen molar-refractivity contribution in [1.82, 2.24) is 0 Å². The Morgan fingerprint density at radius 1 is 1.14 bits per heavy atom. The predicted octanol–water partition coefficient (Wildman–Crippen LogP) is 3.54. The van der Waals surface area contributed by atoms with Crippen LogP contribution in [0.5, 0.6) is 5.75 Å². The van der Waals surface area contributed by atoms with Crippen LogP contribution in [-0.4, -0.2) is 31.4 Å². The summed E-state index contributed by atoms with van der Waals surface area (Å²) in [6.07, 6.45) is 3.68. The van der Waals surface area contributed by atoms with E-state index in [0.29, 0.717) is 24.0 Å². The summed E-state index contributed by atoms with van der Waals surface area (Å²) in [5.74, 6) is -1.02. The van der Waals surface area contributed by atoms with E-state index in [9.17, 15) is 14.4 Å². The van der Waals surface area contributed by atoms with Crippen LogP contribution in [0.25, 0.3) is 6.08 Å². The van der Waals surface area contributed by atoms with Gasteiger partial charge in [-0.25, -0.2) is 4.79 Å². The second kappa shape index (κ2) is 8.84. The Hall–Kier alpha value is -3.25. The third-order valence-corrected chi connectivity index (χ3v) is 4.47. The number of hydrogen-bond donors (Lipinski definition) is 0. The molecule has 0 bridgehead atoms. The summed E-state index contributed by atoms with van der Waals surface area (Å²) in [6, 6.07) is 14.1. The summed E-state index contributed by atoms with van der Waals surface area (Å²) in [7, 11) is 0. The molecule has 1 saturated heterocycles. The van der Waals surface area contributed by atoms with Gasteiger partial charge in [-0.2, -0.15) is 0 Å². The van der Waals surface area contributed by atoms with Gasteiger partial charge in [-0.1, -0.05) is 56.3 Å². The lowest BCUT2D eigenvalue weighted by molar-refractivity contribution is -0.140.